The van der Waals surface area contributed by atoms with Gasteiger partial charge in [-0.25, -0.2) is 0 Å². The van der Waals surface area contributed by atoms with Crippen LogP contribution in [0.5, 0.6) is 11.5 Å². The van der Waals surface area contributed by atoms with Gasteiger partial charge in [-0.05, 0) is 18.2 Å². The van der Waals surface area contributed by atoms with Gasteiger partial charge in [-0.15, -0.1) is 0 Å². The Morgan fingerprint density at radius 3 is 2.68 bits per heavy atom. The zero-order valence-electron chi connectivity index (χ0n) is 11.8. The Hall–Kier alpha value is -1.75. The van der Waals surface area contributed by atoms with Gasteiger partial charge < -0.3 is 20.5 Å². The molecule has 4 N–H and O–H groups in total. The minimum absolute atomic E-state index is 0.144. The number of methoxy groups -OCH3 is 1. The average molecular weight is 267 g/mol. The van der Waals surface area contributed by atoms with Crippen LogP contribution >= 0.6 is 0 Å². The molecule has 0 aliphatic carbocycles. The van der Waals surface area contributed by atoms with E-state index in [0.29, 0.717) is 17.4 Å². The van der Waals surface area contributed by atoms with E-state index < -0.39 is 5.91 Å². The van der Waals surface area contributed by atoms with Crippen molar-refractivity contribution >= 4 is 5.91 Å². The molecule has 0 saturated heterocycles. The largest absolute Gasteiger partial charge is 0.493 e. The van der Waals surface area contributed by atoms with Gasteiger partial charge in [0.15, 0.2) is 18.1 Å². The molecule has 0 radical (unpaired) electrons. The van der Waals surface area contributed by atoms with E-state index in [1.165, 1.54) is 0 Å². The van der Waals surface area contributed by atoms with Crippen molar-refractivity contribution in [3.63, 3.8) is 0 Å². The molecular weight excluding hydrogens is 244 g/mol. The second-order valence-corrected chi connectivity index (χ2v) is 4.86. The highest BCUT2D eigenvalue weighted by atomic mass is 16.5. The lowest BCUT2D eigenvalue weighted by molar-refractivity contribution is -0.675. The minimum atomic E-state index is -0.503. The van der Waals surface area contributed by atoms with Crippen molar-refractivity contribution < 1.29 is 19.6 Å². The molecule has 1 aromatic rings. The van der Waals surface area contributed by atoms with Crippen LogP contribution in [0.25, 0.3) is 0 Å². The third-order valence-electron chi connectivity index (χ3n) is 2.62. The summed E-state index contributed by atoms with van der Waals surface area (Å²) in [6.07, 6.45) is 0. The fourth-order valence-electron chi connectivity index (χ4n) is 1.69. The standard InChI is InChI=1S/C14H22N2O3/c1-10(2)7-16-8-11-4-5-12(13(6-11)18-3)19-9-14(15)17/h4-6,10,16H,7-9H2,1-3H3,(H2,15,17)/p+1. The third kappa shape index (κ3) is 5.61. The van der Waals surface area contributed by atoms with Crippen LogP contribution in [0.2, 0.25) is 0 Å². The van der Waals surface area contributed by atoms with Crippen LogP contribution < -0.4 is 20.5 Å². The first-order valence-electron chi connectivity index (χ1n) is 6.42. The second-order valence-electron chi connectivity index (χ2n) is 4.86. The number of rotatable bonds is 8. The molecule has 0 atom stereocenters. The zero-order valence-corrected chi connectivity index (χ0v) is 11.8. The molecule has 1 amide bonds. The van der Waals surface area contributed by atoms with Gasteiger partial charge in [0, 0.05) is 11.5 Å². The Bertz CT molecular complexity index is 419. The van der Waals surface area contributed by atoms with Gasteiger partial charge in [-0.3, -0.25) is 4.79 Å². The molecule has 0 heterocycles. The van der Waals surface area contributed by atoms with Crippen molar-refractivity contribution in [3.05, 3.63) is 23.8 Å². The molecule has 1 rings (SSSR count). The van der Waals surface area contributed by atoms with Crippen LogP contribution in [-0.2, 0) is 11.3 Å². The molecule has 0 unspecified atom stereocenters. The van der Waals surface area contributed by atoms with E-state index in [2.05, 4.69) is 19.2 Å². The molecular formula is C14H23N2O3+. The topological polar surface area (TPSA) is 78.2 Å². The van der Waals surface area contributed by atoms with E-state index in [9.17, 15) is 4.79 Å². The summed E-state index contributed by atoms with van der Waals surface area (Å²) >= 11 is 0. The first-order valence-corrected chi connectivity index (χ1v) is 6.42. The second kappa shape index (κ2) is 7.63. The number of primary amides is 1. The van der Waals surface area contributed by atoms with Crippen molar-refractivity contribution in [3.8, 4) is 11.5 Å². The first kappa shape index (κ1) is 15.3. The lowest BCUT2D eigenvalue weighted by atomic mass is 10.2. The summed E-state index contributed by atoms with van der Waals surface area (Å²) in [4.78, 5) is 10.7. The Balaban J connectivity index is 2.64. The first-order chi connectivity index (χ1) is 9.02. The molecule has 5 nitrogen and oxygen atoms in total. The van der Waals surface area contributed by atoms with Crippen LogP contribution in [0.15, 0.2) is 18.2 Å². The van der Waals surface area contributed by atoms with Gasteiger partial charge in [-0.1, -0.05) is 13.8 Å². The minimum Gasteiger partial charge on any atom is -0.493 e. The van der Waals surface area contributed by atoms with Crippen molar-refractivity contribution in [2.45, 2.75) is 20.4 Å². The number of hydrogen-bond acceptors (Lipinski definition) is 3. The Morgan fingerprint density at radius 1 is 1.37 bits per heavy atom. The summed E-state index contributed by atoms with van der Waals surface area (Å²) in [5.41, 5.74) is 6.20. The molecule has 0 aromatic heterocycles. The summed E-state index contributed by atoms with van der Waals surface area (Å²) in [7, 11) is 1.58. The van der Waals surface area contributed by atoms with E-state index in [-0.39, 0.29) is 6.61 Å². The number of nitrogens with two attached hydrogens (primary N) is 2. The van der Waals surface area contributed by atoms with Crippen LogP contribution in [0.1, 0.15) is 19.4 Å². The number of amides is 1. The van der Waals surface area contributed by atoms with Gasteiger partial charge in [0.1, 0.15) is 6.54 Å². The molecule has 0 saturated carbocycles. The number of benzene rings is 1. The van der Waals surface area contributed by atoms with E-state index >= 15 is 0 Å². The predicted octanol–water partition coefficient (Wildman–Crippen LogP) is 0.279. The molecule has 106 valence electrons. The monoisotopic (exact) mass is 267 g/mol. The number of carbonyl (C=O) groups excluding carboxylic acids is 1. The van der Waals surface area contributed by atoms with Crippen molar-refractivity contribution in [2.24, 2.45) is 11.7 Å². The van der Waals surface area contributed by atoms with Crippen LogP contribution in [0.4, 0.5) is 0 Å². The Kier molecular flexibility index (Phi) is 6.15. The number of ether oxygens (including phenoxy) is 2. The van der Waals surface area contributed by atoms with Crippen molar-refractivity contribution in [1.29, 1.82) is 0 Å². The van der Waals surface area contributed by atoms with E-state index in [0.717, 1.165) is 18.7 Å². The van der Waals surface area contributed by atoms with Crippen LogP contribution in [0.3, 0.4) is 0 Å². The summed E-state index contributed by atoms with van der Waals surface area (Å²) in [6, 6.07) is 5.70. The molecule has 0 fully saturated rings. The van der Waals surface area contributed by atoms with Gasteiger partial charge in [0.25, 0.3) is 5.91 Å². The molecule has 5 heteroatoms. The normalized spacial score (nSPS) is 10.5. The quantitative estimate of drug-likeness (QED) is 0.710. The maximum Gasteiger partial charge on any atom is 0.255 e. The summed E-state index contributed by atoms with van der Waals surface area (Å²) in [5.74, 6) is 1.32. The van der Waals surface area contributed by atoms with E-state index in [1.54, 1.807) is 13.2 Å². The van der Waals surface area contributed by atoms with Crippen LogP contribution in [0, 0.1) is 5.92 Å². The fraction of sp³-hybridized carbons (Fsp3) is 0.500. The maximum absolute atomic E-state index is 10.7. The molecule has 0 aliphatic rings. The third-order valence-corrected chi connectivity index (χ3v) is 2.62. The fourth-order valence-corrected chi connectivity index (χ4v) is 1.69. The molecule has 1 aromatic carbocycles. The van der Waals surface area contributed by atoms with Crippen molar-refractivity contribution in [1.82, 2.24) is 0 Å². The van der Waals surface area contributed by atoms with Gasteiger partial charge in [0.05, 0.1) is 13.7 Å². The van der Waals surface area contributed by atoms with E-state index in [4.69, 9.17) is 15.2 Å². The molecule has 19 heavy (non-hydrogen) atoms. The lowest BCUT2D eigenvalue weighted by Gasteiger charge is -2.11. The summed E-state index contributed by atoms with van der Waals surface area (Å²) < 4.78 is 10.5. The summed E-state index contributed by atoms with van der Waals surface area (Å²) in [6.45, 7) is 6.22. The van der Waals surface area contributed by atoms with E-state index in [1.807, 2.05) is 12.1 Å². The van der Waals surface area contributed by atoms with Gasteiger partial charge in [0.2, 0.25) is 0 Å². The Morgan fingerprint density at radius 2 is 2.11 bits per heavy atom. The maximum atomic E-state index is 10.7. The zero-order chi connectivity index (χ0) is 14.3. The summed E-state index contributed by atoms with van der Waals surface area (Å²) in [5, 5.41) is 2.25. The Labute approximate surface area is 114 Å². The van der Waals surface area contributed by atoms with Gasteiger partial charge >= 0.3 is 0 Å². The smallest absolute Gasteiger partial charge is 0.255 e. The molecule has 0 bridgehead atoms. The highest BCUT2D eigenvalue weighted by Crippen LogP contribution is 2.27. The number of carbonyl (C=O) groups is 1. The van der Waals surface area contributed by atoms with Gasteiger partial charge in [-0.2, -0.15) is 0 Å². The molecule has 0 aliphatic heterocycles. The van der Waals surface area contributed by atoms with Crippen molar-refractivity contribution in [2.75, 3.05) is 20.3 Å². The average Bonchev–Trinajstić information content (AvgIpc) is 2.36. The number of hydrogen-bond donors (Lipinski definition) is 2. The highest BCUT2D eigenvalue weighted by Gasteiger charge is 2.08. The number of quaternary nitrogens is 1. The predicted molar refractivity (Wildman–Crippen MR) is 73.0 cm³/mol. The van der Waals surface area contributed by atoms with Crippen LogP contribution in [-0.4, -0.2) is 26.2 Å². The lowest BCUT2D eigenvalue weighted by Crippen LogP contribution is -2.83. The molecule has 0 spiro atoms. The highest BCUT2D eigenvalue weighted by molar-refractivity contribution is 5.75. The SMILES string of the molecule is COc1cc(C[NH2+]CC(C)C)ccc1OCC(N)=O.